The summed E-state index contributed by atoms with van der Waals surface area (Å²) in [5, 5.41) is 29.2. The third-order valence-corrected chi connectivity index (χ3v) is 33.6. The molecular formula is C101H117F3N22O7S4. The minimum Gasteiger partial charge on any atom is -0.491 e. The molecule has 4 aliphatic carbocycles. The molecule has 0 radical (unpaired) electrons. The van der Waals surface area contributed by atoms with E-state index in [0.717, 1.165) is 199 Å². The Bertz CT molecular complexity index is 6590. The number of aromatic nitrogens is 6. The van der Waals surface area contributed by atoms with E-state index in [1.165, 1.54) is 56.5 Å². The van der Waals surface area contributed by atoms with Gasteiger partial charge in [0.2, 0.25) is 0 Å². The predicted molar refractivity (Wildman–Crippen MR) is 537 cm³/mol. The summed E-state index contributed by atoms with van der Waals surface area (Å²) in [6.45, 7) is 19.6. The summed E-state index contributed by atoms with van der Waals surface area (Å²) in [5.41, 5.74) is 52.4. The number of nitrogens with two attached hydrogens (primary N) is 6. The lowest BCUT2D eigenvalue weighted by molar-refractivity contribution is -0.0930. The van der Waals surface area contributed by atoms with E-state index < -0.39 is 28.7 Å². The Balaban J connectivity index is 0.000000117. The molecule has 10 aliphatic rings. The van der Waals surface area contributed by atoms with Crippen molar-refractivity contribution in [1.29, 1.82) is 5.26 Å². The Kier molecular flexibility index (Phi) is 26.1. The number of hydrogen-bond acceptors (Lipinski definition) is 29. The second-order valence-corrected chi connectivity index (χ2v) is 43.3. The highest BCUT2D eigenvalue weighted by atomic mass is 32.1. The van der Waals surface area contributed by atoms with Crippen LogP contribution >= 0.6 is 45.3 Å². The van der Waals surface area contributed by atoms with E-state index in [-0.39, 0.29) is 77.9 Å². The van der Waals surface area contributed by atoms with Crippen molar-refractivity contribution < 1.29 is 46.6 Å². The summed E-state index contributed by atoms with van der Waals surface area (Å²) in [6.07, 6.45) is 10.9. The molecule has 36 heteroatoms. The largest absolute Gasteiger partial charge is 0.491 e. The SMILES string of the molecule is CO[C@@H]1CN(c2ccc3c(n2)CC[C@H](NC(=O)c2sc4nc(C)ccc4c2N)C3)C[C@@]1(C)N.CO[C@H]1CN(c2ccc3c(n2)CC[C@H](NC(=O)c2sc4nc(C)ccc4c2N)C3)C[C@]1(C)N.Cc1cc(C)c2c(N)c(C(=O)N[C@H]3CCc4cc(N5CC6CCC(C5)N6)c(C#N)c(F)c4C3)sc2n1.Cc1ccc2c(N)c(C(=O)N[C@H]3COc4cc(N5C[C@H]6CCCC(F)(F)[C@H]6C5)ccc4C3)sc2n1. The third-order valence-electron chi connectivity index (χ3n) is 29.1. The quantitative estimate of drug-likeness (QED) is 0.0482. The minimum absolute atomic E-state index is 0.00567. The molecule has 2 aromatic carbocycles. The van der Waals surface area contributed by atoms with Gasteiger partial charge in [-0.2, -0.15) is 5.26 Å². The maximum absolute atomic E-state index is 15.7. The Morgan fingerprint density at radius 1 is 0.511 bits per heavy atom. The number of carbonyl (C=O) groups is 4. The summed E-state index contributed by atoms with van der Waals surface area (Å²) in [6, 6.07) is 32.4. The fraction of sp³-hybridized carbons (Fsp3) is 0.455. The number of rotatable bonds is 14. The fourth-order valence-corrected chi connectivity index (χ4v) is 26.1. The van der Waals surface area contributed by atoms with Gasteiger partial charge in [-0.15, -0.1) is 45.3 Å². The van der Waals surface area contributed by atoms with Crippen LogP contribution in [0.1, 0.15) is 177 Å². The van der Waals surface area contributed by atoms with Crippen molar-refractivity contribution in [2.24, 2.45) is 23.3 Å². The summed E-state index contributed by atoms with van der Waals surface area (Å²) < 4.78 is 61.6. The topological polar surface area (TPSA) is 426 Å². The molecule has 6 aliphatic heterocycles. The highest BCUT2D eigenvalue weighted by Crippen LogP contribution is 2.49. The predicted octanol–water partition coefficient (Wildman–Crippen LogP) is 13.4. The number of nitrogen functional groups attached to an aromatic ring is 4. The maximum atomic E-state index is 15.7. The Morgan fingerprint density at radius 3 is 1.47 bits per heavy atom. The number of thiophene rings is 4. The molecule has 22 rings (SSSR count). The minimum atomic E-state index is -2.57. The van der Waals surface area contributed by atoms with Crippen LogP contribution in [-0.4, -0.2) is 192 Å². The number of nitriles is 1. The molecule has 0 spiro atoms. The van der Waals surface area contributed by atoms with E-state index in [1.54, 1.807) is 14.2 Å². The van der Waals surface area contributed by atoms with Gasteiger partial charge in [0.1, 0.15) is 80.3 Å². The first-order chi connectivity index (χ1) is 65.6. The van der Waals surface area contributed by atoms with Crippen molar-refractivity contribution in [2.75, 3.05) is 116 Å². The molecule has 2 bridgehead atoms. The number of nitrogens with one attached hydrogen (secondary N) is 5. The molecule has 2 unspecified atom stereocenters. The van der Waals surface area contributed by atoms with E-state index in [1.807, 2.05) is 115 Å². The zero-order valence-corrected chi connectivity index (χ0v) is 81.7. The van der Waals surface area contributed by atoms with Crippen LogP contribution in [0.15, 0.2) is 91.0 Å². The molecular weight excluding hydrogens is 1820 g/mol. The molecule has 12 aromatic rings. The lowest BCUT2D eigenvalue weighted by Crippen LogP contribution is -2.51. The Labute approximate surface area is 809 Å². The number of fused-ring (bicyclic) bond motifs is 11. The summed E-state index contributed by atoms with van der Waals surface area (Å²) in [5.74, 6) is -1.62. The van der Waals surface area contributed by atoms with Gasteiger partial charge < -0.3 is 94.8 Å². The molecule has 4 amide bonds. The second-order valence-electron chi connectivity index (χ2n) is 39.3. The van der Waals surface area contributed by atoms with E-state index in [0.29, 0.717) is 130 Å². The summed E-state index contributed by atoms with van der Waals surface area (Å²) in [4.78, 5) is 93.8. The maximum Gasteiger partial charge on any atom is 0.263 e. The number of halogens is 3. The second kappa shape index (κ2) is 37.9. The van der Waals surface area contributed by atoms with Crippen molar-refractivity contribution in [1.82, 2.24) is 56.5 Å². The van der Waals surface area contributed by atoms with E-state index in [9.17, 15) is 33.2 Å². The lowest BCUT2D eigenvalue weighted by Gasteiger charge is -2.36. The number of methoxy groups -OCH3 is 2. The number of ether oxygens (including phenoxy) is 3. The van der Waals surface area contributed by atoms with Crippen LogP contribution in [0.2, 0.25) is 0 Å². The summed E-state index contributed by atoms with van der Waals surface area (Å²) in [7, 11) is 3.41. The summed E-state index contributed by atoms with van der Waals surface area (Å²) >= 11 is 5.29. The van der Waals surface area contributed by atoms with Gasteiger partial charge in [0, 0.05) is 177 Å². The van der Waals surface area contributed by atoms with Crippen LogP contribution < -0.4 is 85.3 Å². The average molecular weight is 1940 g/mol. The molecule has 6 fully saturated rings. The molecule has 137 heavy (non-hydrogen) atoms. The van der Waals surface area contributed by atoms with Crippen LogP contribution in [0.4, 0.5) is 58.9 Å². The number of alkyl halides is 2. The number of benzene rings is 2. The number of amides is 4. The molecule has 10 aromatic heterocycles. The van der Waals surface area contributed by atoms with Crippen molar-refractivity contribution in [3.63, 3.8) is 0 Å². The van der Waals surface area contributed by atoms with Crippen molar-refractivity contribution in [2.45, 2.75) is 210 Å². The average Bonchev–Trinajstić information content (AvgIpc) is 1.45. The number of anilines is 8. The zero-order valence-electron chi connectivity index (χ0n) is 78.4. The Hall–Kier alpha value is -11.7. The highest BCUT2D eigenvalue weighted by molar-refractivity contribution is 7.22. The van der Waals surface area contributed by atoms with Crippen molar-refractivity contribution in [3.05, 3.63) is 189 Å². The van der Waals surface area contributed by atoms with E-state index in [2.05, 4.69) is 96.5 Å². The van der Waals surface area contributed by atoms with Crippen LogP contribution in [-0.2, 0) is 54.4 Å². The van der Waals surface area contributed by atoms with Gasteiger partial charge in [0.25, 0.3) is 29.6 Å². The van der Waals surface area contributed by atoms with Crippen molar-refractivity contribution in [3.8, 4) is 11.8 Å². The smallest absolute Gasteiger partial charge is 0.263 e. The first-order valence-corrected chi connectivity index (χ1v) is 50.5. The molecule has 5 saturated heterocycles. The van der Waals surface area contributed by atoms with Gasteiger partial charge in [0.05, 0.1) is 57.8 Å². The molecule has 718 valence electrons. The number of aryl methyl sites for hydroxylation is 8. The number of nitrogens with zero attached hydrogens (tertiary/aromatic N) is 11. The van der Waals surface area contributed by atoms with Gasteiger partial charge >= 0.3 is 0 Å². The van der Waals surface area contributed by atoms with E-state index in [4.69, 9.17) is 58.6 Å². The number of piperazine rings is 1. The van der Waals surface area contributed by atoms with Gasteiger partial charge in [-0.25, -0.2) is 43.1 Å². The van der Waals surface area contributed by atoms with Crippen LogP contribution in [0.25, 0.3) is 40.9 Å². The standard InChI is InChI=1S/C27H29FN6OS.C26H28F2N4O2S.2C24H30N6O2S/c1-13-7-14(2)31-27-22(13)24(30)25(36-27)26(35)33-16-4-3-15-8-21(20(10-29)23(28)19(15)9-16)34-11-17-5-6-18(12-34)32-17;1-14-4-7-19-22(29)23(35-25(19)30-14)24(33)31-17-9-15-5-6-18(10-21(15)34-13-17)32-11-16-3-2-8-26(27,28)20(16)12-32;2*1-13-4-7-16-20(25)21(33-23(16)27-13)22(31)28-15-6-8-17-14(10-15)5-9-19(29-17)30-11-18(32-3)24(2,26)12-30/h7-8,16-18,32H,3-6,9,11-12,30H2,1-2H3,(H,33,35);4-7,10,16-17,20H,2-3,8-9,11-13,29H2,1H3,(H,31,33);2*4-5,7,9,15,18H,6,8,10-12,25-26H2,1-3H3,(H,28,31)/t16-,17?,18?;16-,17-,20+;15-,18+,24+;15-,18-,24-/m0100/s1. The first-order valence-electron chi connectivity index (χ1n) is 47.2. The van der Waals surface area contributed by atoms with Crippen LogP contribution in [0.5, 0.6) is 5.75 Å². The van der Waals surface area contributed by atoms with Gasteiger partial charge in [-0.3, -0.25) is 19.2 Å². The van der Waals surface area contributed by atoms with Gasteiger partial charge in [-0.1, -0.05) is 18.2 Å². The number of hydrogen-bond donors (Lipinski definition) is 11. The Morgan fingerprint density at radius 2 is 0.978 bits per heavy atom. The zero-order chi connectivity index (χ0) is 96.1. The van der Waals surface area contributed by atoms with Gasteiger partial charge in [0.15, 0.2) is 0 Å². The molecule has 1 saturated carbocycles. The lowest BCUT2D eigenvalue weighted by atomic mass is 9.79. The highest BCUT2D eigenvalue weighted by Gasteiger charge is 2.52. The van der Waals surface area contributed by atoms with Crippen LogP contribution in [0.3, 0.4) is 0 Å². The number of carbonyl (C=O) groups excluding carboxylic acids is 4. The third kappa shape index (κ3) is 19.1. The number of pyridine rings is 6. The molecule has 17 N–H and O–H groups in total. The monoisotopic (exact) mass is 1930 g/mol. The molecule has 12 atom stereocenters. The van der Waals surface area contributed by atoms with Gasteiger partial charge in [-0.05, 0) is 244 Å². The normalized spacial score (nSPS) is 24.4. The van der Waals surface area contributed by atoms with E-state index >= 15 is 4.39 Å². The fourth-order valence-electron chi connectivity index (χ4n) is 21.8. The molecule has 29 nitrogen and oxygen atoms in total. The van der Waals surface area contributed by atoms with Crippen LogP contribution in [0, 0.1) is 63.6 Å². The van der Waals surface area contributed by atoms with Crippen molar-refractivity contribution >= 4 is 156 Å². The molecule has 16 heterocycles. The first kappa shape index (κ1) is 94.3.